The van der Waals surface area contributed by atoms with Crippen molar-refractivity contribution in [2.75, 3.05) is 7.11 Å². The molecule has 1 aliphatic heterocycles. The molecular weight excluding hydrogens is 292 g/mol. The van der Waals surface area contributed by atoms with Gasteiger partial charge < -0.3 is 9.47 Å². The molecule has 3 rings (SSSR count). The normalized spacial score (nSPS) is 20.9. The summed E-state index contributed by atoms with van der Waals surface area (Å²) in [5, 5.41) is 0. The van der Waals surface area contributed by atoms with Gasteiger partial charge in [-0.1, -0.05) is 42.5 Å². The Hall–Kier alpha value is -2.62. The van der Waals surface area contributed by atoms with Gasteiger partial charge >= 0.3 is 5.97 Å². The zero-order valence-electron chi connectivity index (χ0n) is 12.9. The predicted molar refractivity (Wildman–Crippen MR) is 85.1 cm³/mol. The third kappa shape index (κ3) is 3.42. The summed E-state index contributed by atoms with van der Waals surface area (Å²) in [5.74, 6) is -0.156. The van der Waals surface area contributed by atoms with Gasteiger partial charge in [-0.05, 0) is 29.7 Å². The first-order chi connectivity index (χ1) is 11.2. The average Bonchev–Trinajstić information content (AvgIpc) is 2.58. The molecule has 1 fully saturated rings. The van der Waals surface area contributed by atoms with E-state index in [1.807, 2.05) is 54.6 Å². The lowest BCUT2D eigenvalue weighted by Gasteiger charge is -2.30. The van der Waals surface area contributed by atoms with Gasteiger partial charge in [0.05, 0.1) is 13.0 Å². The lowest BCUT2D eigenvalue weighted by Crippen LogP contribution is -2.35. The number of ketones is 1. The van der Waals surface area contributed by atoms with E-state index in [2.05, 4.69) is 0 Å². The quantitative estimate of drug-likeness (QED) is 0.643. The molecule has 2 aromatic carbocycles. The minimum Gasteiger partial charge on any atom is -0.497 e. The smallest absolute Gasteiger partial charge is 0.313 e. The minimum absolute atomic E-state index is 0.0640. The van der Waals surface area contributed by atoms with E-state index in [9.17, 15) is 9.59 Å². The van der Waals surface area contributed by atoms with Crippen molar-refractivity contribution < 1.29 is 19.1 Å². The van der Waals surface area contributed by atoms with Crippen molar-refractivity contribution in [2.24, 2.45) is 5.92 Å². The van der Waals surface area contributed by atoms with Crippen LogP contribution < -0.4 is 4.74 Å². The second-order valence-electron chi connectivity index (χ2n) is 5.62. The number of hydrogen-bond donors (Lipinski definition) is 0. The number of hydrogen-bond acceptors (Lipinski definition) is 4. The van der Waals surface area contributed by atoms with E-state index in [0.717, 1.165) is 16.9 Å². The molecule has 0 unspecified atom stereocenters. The second kappa shape index (κ2) is 6.65. The molecule has 1 heterocycles. The van der Waals surface area contributed by atoms with Crippen LogP contribution >= 0.6 is 0 Å². The lowest BCUT2D eigenvalue weighted by atomic mass is 9.83. The summed E-state index contributed by atoms with van der Waals surface area (Å²) in [4.78, 5) is 24.1. The van der Waals surface area contributed by atoms with Crippen LogP contribution in [0.1, 0.15) is 23.7 Å². The molecule has 1 aliphatic rings. The van der Waals surface area contributed by atoms with Gasteiger partial charge in [0.25, 0.3) is 0 Å². The molecule has 0 spiro atoms. The maximum absolute atomic E-state index is 12.4. The molecule has 0 bridgehead atoms. The molecule has 4 heteroatoms. The number of carbonyl (C=O) groups excluding carboxylic acids is 2. The fourth-order valence-corrected chi connectivity index (χ4v) is 2.89. The van der Waals surface area contributed by atoms with Crippen molar-refractivity contribution in [3.05, 3.63) is 65.7 Å². The van der Waals surface area contributed by atoms with E-state index >= 15 is 0 Å². The number of esters is 1. The Morgan fingerprint density at radius 1 is 1.04 bits per heavy atom. The fraction of sp³-hybridized carbons (Fsp3) is 0.263. The standard InChI is InChI=1S/C19H18O4/c1-22-15-9-7-14(8-10-15)19-16(17(20)12-18(21)23-19)11-13-5-3-2-4-6-13/h2-10,16,19H,11-12H2,1H3/t16-,19+/m1/s1. The number of carbonyl (C=O) groups is 2. The fourth-order valence-electron chi connectivity index (χ4n) is 2.89. The van der Waals surface area contributed by atoms with Crippen LogP contribution in [0.15, 0.2) is 54.6 Å². The van der Waals surface area contributed by atoms with Gasteiger partial charge in [-0.3, -0.25) is 9.59 Å². The summed E-state index contributed by atoms with van der Waals surface area (Å²) in [5.41, 5.74) is 1.87. The summed E-state index contributed by atoms with van der Waals surface area (Å²) in [6, 6.07) is 17.1. The molecule has 0 aromatic heterocycles. The number of ether oxygens (including phenoxy) is 2. The minimum atomic E-state index is -0.546. The highest BCUT2D eigenvalue weighted by Gasteiger charge is 2.38. The molecule has 2 aromatic rings. The first kappa shape index (κ1) is 15.3. The molecule has 0 amide bonds. The Morgan fingerprint density at radius 3 is 2.39 bits per heavy atom. The first-order valence-corrected chi connectivity index (χ1v) is 7.57. The number of Topliss-reactive ketones (excluding diaryl/α,β-unsaturated/α-hetero) is 1. The molecular formula is C19H18O4. The van der Waals surface area contributed by atoms with E-state index < -0.39 is 12.1 Å². The molecule has 0 radical (unpaired) electrons. The lowest BCUT2D eigenvalue weighted by molar-refractivity contribution is -0.163. The van der Waals surface area contributed by atoms with E-state index in [0.29, 0.717) is 6.42 Å². The molecule has 0 aliphatic carbocycles. The van der Waals surface area contributed by atoms with E-state index in [-0.39, 0.29) is 18.1 Å². The maximum atomic E-state index is 12.4. The Labute approximate surface area is 135 Å². The van der Waals surface area contributed by atoms with Gasteiger partial charge in [0.15, 0.2) is 5.78 Å². The summed E-state index contributed by atoms with van der Waals surface area (Å²) in [7, 11) is 1.59. The van der Waals surface area contributed by atoms with Gasteiger partial charge in [-0.2, -0.15) is 0 Å². The van der Waals surface area contributed by atoms with E-state index in [1.54, 1.807) is 7.11 Å². The van der Waals surface area contributed by atoms with Crippen LogP contribution in [-0.2, 0) is 20.7 Å². The van der Waals surface area contributed by atoms with Crippen molar-refractivity contribution in [3.63, 3.8) is 0 Å². The Kier molecular flexibility index (Phi) is 4.42. The van der Waals surface area contributed by atoms with Gasteiger partial charge in [0.2, 0.25) is 0 Å². The van der Waals surface area contributed by atoms with Crippen molar-refractivity contribution in [1.82, 2.24) is 0 Å². The van der Waals surface area contributed by atoms with Crippen LogP contribution in [0.3, 0.4) is 0 Å². The highest BCUT2D eigenvalue weighted by molar-refractivity contribution is 5.99. The molecule has 4 nitrogen and oxygen atoms in total. The molecule has 0 N–H and O–H groups in total. The van der Waals surface area contributed by atoms with Crippen LogP contribution in [0.5, 0.6) is 5.75 Å². The molecule has 118 valence electrons. The third-order valence-electron chi connectivity index (χ3n) is 4.10. The summed E-state index contributed by atoms with van der Waals surface area (Å²) < 4.78 is 10.6. The van der Waals surface area contributed by atoms with Crippen LogP contribution in [0.4, 0.5) is 0 Å². The van der Waals surface area contributed by atoms with Crippen molar-refractivity contribution in [1.29, 1.82) is 0 Å². The monoisotopic (exact) mass is 310 g/mol. The van der Waals surface area contributed by atoms with Crippen LogP contribution in [-0.4, -0.2) is 18.9 Å². The largest absolute Gasteiger partial charge is 0.497 e. The highest BCUT2D eigenvalue weighted by atomic mass is 16.5. The van der Waals surface area contributed by atoms with Gasteiger partial charge in [-0.15, -0.1) is 0 Å². The van der Waals surface area contributed by atoms with Crippen molar-refractivity contribution in [3.8, 4) is 5.75 Å². The Morgan fingerprint density at radius 2 is 1.74 bits per heavy atom. The second-order valence-corrected chi connectivity index (χ2v) is 5.62. The van der Waals surface area contributed by atoms with Crippen molar-refractivity contribution in [2.45, 2.75) is 18.9 Å². The Bertz CT molecular complexity index is 691. The summed E-state index contributed by atoms with van der Waals surface area (Å²) >= 11 is 0. The molecule has 0 saturated carbocycles. The molecule has 2 atom stereocenters. The first-order valence-electron chi connectivity index (χ1n) is 7.57. The maximum Gasteiger partial charge on any atom is 0.313 e. The van der Waals surface area contributed by atoms with Crippen LogP contribution in [0, 0.1) is 5.92 Å². The summed E-state index contributed by atoms with van der Waals surface area (Å²) in [6.07, 6.45) is -0.136. The van der Waals surface area contributed by atoms with E-state index in [4.69, 9.17) is 9.47 Å². The average molecular weight is 310 g/mol. The molecule has 1 saturated heterocycles. The highest BCUT2D eigenvalue weighted by Crippen LogP contribution is 2.35. The Balaban J connectivity index is 1.89. The SMILES string of the molecule is COc1ccc([C@@H]2OC(=O)CC(=O)[C@H]2Cc2ccccc2)cc1. The predicted octanol–water partition coefficient (Wildman–Crippen LogP) is 3.11. The van der Waals surface area contributed by atoms with Gasteiger partial charge in [-0.25, -0.2) is 0 Å². The number of rotatable bonds is 4. The number of benzene rings is 2. The van der Waals surface area contributed by atoms with Gasteiger partial charge in [0, 0.05) is 0 Å². The topological polar surface area (TPSA) is 52.6 Å². The van der Waals surface area contributed by atoms with Crippen LogP contribution in [0.25, 0.3) is 0 Å². The van der Waals surface area contributed by atoms with Crippen molar-refractivity contribution >= 4 is 11.8 Å². The summed E-state index contributed by atoms with van der Waals surface area (Å²) in [6.45, 7) is 0. The number of methoxy groups -OCH3 is 1. The zero-order chi connectivity index (χ0) is 16.2. The van der Waals surface area contributed by atoms with E-state index in [1.165, 1.54) is 0 Å². The third-order valence-corrected chi connectivity index (χ3v) is 4.10. The zero-order valence-corrected chi connectivity index (χ0v) is 12.9. The van der Waals surface area contributed by atoms with Gasteiger partial charge in [0.1, 0.15) is 18.3 Å². The number of cyclic esters (lactones) is 1. The van der Waals surface area contributed by atoms with Crippen LogP contribution in [0.2, 0.25) is 0 Å². The molecule has 23 heavy (non-hydrogen) atoms.